The van der Waals surface area contributed by atoms with Gasteiger partial charge in [-0.3, -0.25) is 9.59 Å². The molecule has 0 radical (unpaired) electrons. The SMILES string of the molecule is COc1cc(/C=C/C(=O)Nc2ccc(OC(F)F)cc2)ccc1OCC(N)=O. The topological polar surface area (TPSA) is 99.9 Å². The molecule has 148 valence electrons. The van der Waals surface area contributed by atoms with Crippen molar-refractivity contribution in [3.63, 3.8) is 0 Å². The highest BCUT2D eigenvalue weighted by molar-refractivity contribution is 6.02. The van der Waals surface area contributed by atoms with E-state index in [9.17, 15) is 18.4 Å². The highest BCUT2D eigenvalue weighted by Crippen LogP contribution is 2.28. The van der Waals surface area contributed by atoms with Crippen LogP contribution in [-0.2, 0) is 9.59 Å². The molecular formula is C19H18F2N2O5. The smallest absolute Gasteiger partial charge is 0.387 e. The molecule has 2 amide bonds. The van der Waals surface area contributed by atoms with Crippen molar-refractivity contribution in [2.24, 2.45) is 5.73 Å². The Labute approximate surface area is 159 Å². The summed E-state index contributed by atoms with van der Waals surface area (Å²) in [4.78, 5) is 22.8. The van der Waals surface area contributed by atoms with Crippen LogP contribution >= 0.6 is 0 Å². The Morgan fingerprint density at radius 1 is 1.14 bits per heavy atom. The van der Waals surface area contributed by atoms with Crippen molar-refractivity contribution in [1.82, 2.24) is 0 Å². The van der Waals surface area contributed by atoms with Gasteiger partial charge in [0.25, 0.3) is 5.91 Å². The minimum absolute atomic E-state index is 0.00530. The number of carbonyl (C=O) groups excluding carboxylic acids is 2. The van der Waals surface area contributed by atoms with Crippen LogP contribution in [0.15, 0.2) is 48.5 Å². The quantitative estimate of drug-likeness (QED) is 0.640. The predicted octanol–water partition coefficient (Wildman–Crippen LogP) is 2.81. The van der Waals surface area contributed by atoms with E-state index in [1.54, 1.807) is 24.3 Å². The van der Waals surface area contributed by atoms with Gasteiger partial charge < -0.3 is 25.3 Å². The minimum atomic E-state index is -2.91. The van der Waals surface area contributed by atoms with Crippen LogP contribution < -0.4 is 25.3 Å². The maximum atomic E-state index is 12.1. The lowest BCUT2D eigenvalue weighted by Crippen LogP contribution is -2.20. The largest absolute Gasteiger partial charge is 0.493 e. The second kappa shape index (κ2) is 9.91. The van der Waals surface area contributed by atoms with Crippen molar-refractivity contribution in [3.05, 3.63) is 54.1 Å². The fourth-order valence-electron chi connectivity index (χ4n) is 2.13. The molecule has 0 unspecified atom stereocenters. The summed E-state index contributed by atoms with van der Waals surface area (Å²) in [5.74, 6) is -0.325. The number of hydrogen-bond acceptors (Lipinski definition) is 5. The molecule has 0 bridgehead atoms. The molecular weight excluding hydrogens is 374 g/mol. The lowest BCUT2D eigenvalue weighted by atomic mass is 10.2. The van der Waals surface area contributed by atoms with E-state index in [1.165, 1.54) is 37.5 Å². The first-order valence-electron chi connectivity index (χ1n) is 8.00. The van der Waals surface area contributed by atoms with E-state index in [4.69, 9.17) is 15.2 Å². The summed E-state index contributed by atoms with van der Waals surface area (Å²) >= 11 is 0. The normalized spacial score (nSPS) is 10.7. The minimum Gasteiger partial charge on any atom is -0.493 e. The summed E-state index contributed by atoms with van der Waals surface area (Å²) in [5, 5.41) is 2.59. The van der Waals surface area contributed by atoms with E-state index in [0.29, 0.717) is 22.7 Å². The number of alkyl halides is 2. The van der Waals surface area contributed by atoms with Crippen molar-refractivity contribution >= 4 is 23.6 Å². The van der Waals surface area contributed by atoms with E-state index < -0.39 is 18.4 Å². The van der Waals surface area contributed by atoms with Crippen molar-refractivity contribution in [3.8, 4) is 17.2 Å². The van der Waals surface area contributed by atoms with Gasteiger partial charge in [0.2, 0.25) is 5.91 Å². The highest BCUT2D eigenvalue weighted by Gasteiger charge is 2.07. The van der Waals surface area contributed by atoms with Crippen LogP contribution in [0.3, 0.4) is 0 Å². The van der Waals surface area contributed by atoms with E-state index in [-0.39, 0.29) is 12.4 Å². The number of benzene rings is 2. The highest BCUT2D eigenvalue weighted by atomic mass is 19.3. The van der Waals surface area contributed by atoms with Gasteiger partial charge in [-0.25, -0.2) is 0 Å². The molecule has 0 aromatic heterocycles. The zero-order chi connectivity index (χ0) is 20.5. The first kappa shape index (κ1) is 20.7. The number of ether oxygens (including phenoxy) is 3. The molecule has 7 nitrogen and oxygen atoms in total. The Kier molecular flexibility index (Phi) is 7.32. The number of methoxy groups -OCH3 is 1. The van der Waals surface area contributed by atoms with E-state index >= 15 is 0 Å². The average Bonchev–Trinajstić information content (AvgIpc) is 2.66. The van der Waals surface area contributed by atoms with Crippen LogP contribution in [0.25, 0.3) is 6.08 Å². The number of rotatable bonds is 9. The van der Waals surface area contributed by atoms with Crippen LogP contribution in [0.4, 0.5) is 14.5 Å². The molecule has 0 aliphatic carbocycles. The first-order valence-corrected chi connectivity index (χ1v) is 8.00. The molecule has 2 rings (SSSR count). The molecule has 9 heteroatoms. The summed E-state index contributed by atoms with van der Waals surface area (Å²) in [6, 6.07) is 10.4. The standard InChI is InChI=1S/C19H18F2N2O5/c1-26-16-10-12(2-8-15(16)27-11-17(22)24)3-9-18(25)23-13-4-6-14(7-5-13)28-19(20)21/h2-10,19H,11H2,1H3,(H2,22,24)(H,23,25)/b9-3+. The van der Waals surface area contributed by atoms with E-state index in [2.05, 4.69) is 10.1 Å². The Hall–Kier alpha value is -3.62. The summed E-state index contributed by atoms with van der Waals surface area (Å²) in [7, 11) is 1.44. The zero-order valence-corrected chi connectivity index (χ0v) is 14.9. The van der Waals surface area contributed by atoms with Gasteiger partial charge in [-0.2, -0.15) is 8.78 Å². The van der Waals surface area contributed by atoms with Crippen LogP contribution in [0, 0.1) is 0 Å². The summed E-state index contributed by atoms with van der Waals surface area (Å²) in [6.07, 6.45) is 2.84. The fraction of sp³-hybridized carbons (Fsp3) is 0.158. The summed E-state index contributed by atoms with van der Waals surface area (Å²) in [5.41, 5.74) is 6.11. The lowest BCUT2D eigenvalue weighted by molar-refractivity contribution is -0.120. The number of carbonyl (C=O) groups is 2. The Balaban J connectivity index is 1.98. The number of nitrogens with one attached hydrogen (secondary N) is 1. The summed E-state index contributed by atoms with van der Waals surface area (Å²) < 4.78 is 38.9. The number of hydrogen-bond donors (Lipinski definition) is 2. The molecule has 0 saturated heterocycles. The summed E-state index contributed by atoms with van der Waals surface area (Å²) in [6.45, 7) is -3.19. The Bertz CT molecular complexity index is 854. The predicted molar refractivity (Wildman–Crippen MR) is 98.4 cm³/mol. The third-order valence-corrected chi connectivity index (χ3v) is 3.33. The van der Waals surface area contributed by atoms with Crippen molar-refractivity contribution in [2.75, 3.05) is 19.0 Å². The van der Waals surface area contributed by atoms with Gasteiger partial charge in [0, 0.05) is 11.8 Å². The van der Waals surface area contributed by atoms with Crippen LogP contribution in [0.1, 0.15) is 5.56 Å². The van der Waals surface area contributed by atoms with Crippen LogP contribution in [0.2, 0.25) is 0 Å². The molecule has 0 spiro atoms. The van der Waals surface area contributed by atoms with Crippen molar-refractivity contribution < 1.29 is 32.6 Å². The zero-order valence-electron chi connectivity index (χ0n) is 14.9. The van der Waals surface area contributed by atoms with Gasteiger partial charge in [0.1, 0.15) is 5.75 Å². The number of anilines is 1. The first-order chi connectivity index (χ1) is 13.4. The van der Waals surface area contributed by atoms with Gasteiger partial charge >= 0.3 is 6.61 Å². The van der Waals surface area contributed by atoms with Crippen LogP contribution in [0.5, 0.6) is 17.2 Å². The fourth-order valence-corrected chi connectivity index (χ4v) is 2.13. The number of amides is 2. The molecule has 0 saturated carbocycles. The lowest BCUT2D eigenvalue weighted by Gasteiger charge is -2.10. The van der Waals surface area contributed by atoms with E-state index in [1.807, 2.05) is 0 Å². The van der Waals surface area contributed by atoms with E-state index in [0.717, 1.165) is 0 Å². The monoisotopic (exact) mass is 392 g/mol. The Morgan fingerprint density at radius 3 is 2.46 bits per heavy atom. The van der Waals surface area contributed by atoms with Gasteiger partial charge in [-0.05, 0) is 48.0 Å². The molecule has 2 aromatic carbocycles. The average molecular weight is 392 g/mol. The van der Waals surface area contributed by atoms with Crippen molar-refractivity contribution in [2.45, 2.75) is 6.61 Å². The number of nitrogens with two attached hydrogens (primary N) is 1. The van der Waals surface area contributed by atoms with Gasteiger partial charge in [0.15, 0.2) is 18.1 Å². The van der Waals surface area contributed by atoms with Gasteiger partial charge in [0.05, 0.1) is 7.11 Å². The Morgan fingerprint density at radius 2 is 1.86 bits per heavy atom. The molecule has 0 aliphatic heterocycles. The maximum absolute atomic E-state index is 12.1. The number of primary amides is 1. The second-order valence-corrected chi connectivity index (χ2v) is 5.39. The molecule has 2 aromatic rings. The molecule has 28 heavy (non-hydrogen) atoms. The van der Waals surface area contributed by atoms with Gasteiger partial charge in [-0.1, -0.05) is 6.07 Å². The van der Waals surface area contributed by atoms with Gasteiger partial charge in [-0.15, -0.1) is 0 Å². The maximum Gasteiger partial charge on any atom is 0.387 e. The molecule has 0 heterocycles. The molecule has 0 fully saturated rings. The van der Waals surface area contributed by atoms with Crippen molar-refractivity contribution in [1.29, 1.82) is 0 Å². The number of halogens is 2. The third kappa shape index (κ3) is 6.60. The third-order valence-electron chi connectivity index (χ3n) is 3.33. The molecule has 3 N–H and O–H groups in total. The molecule has 0 atom stereocenters. The molecule has 0 aliphatic rings. The second-order valence-electron chi connectivity index (χ2n) is 5.39. The van der Waals surface area contributed by atoms with Crippen LogP contribution in [-0.4, -0.2) is 32.1 Å².